The predicted molar refractivity (Wildman–Crippen MR) is 173 cm³/mol. The number of rotatable bonds is 10. The monoisotopic (exact) mass is 619 g/mol. The van der Waals surface area contributed by atoms with Crippen LogP contribution in [0.3, 0.4) is 0 Å². The van der Waals surface area contributed by atoms with Crippen molar-refractivity contribution < 1.29 is 28.8 Å². The van der Waals surface area contributed by atoms with Gasteiger partial charge in [0.25, 0.3) is 0 Å². The number of nitrogens with one attached hydrogen (secondary N) is 1. The lowest BCUT2D eigenvalue weighted by Crippen LogP contribution is -2.41. The Hall–Kier alpha value is -5.23. The third-order valence-electron chi connectivity index (χ3n) is 7.94. The number of aromatic nitrogens is 3. The first-order valence-electron chi connectivity index (χ1n) is 15.0. The summed E-state index contributed by atoms with van der Waals surface area (Å²) in [5.74, 6) is 1.24. The minimum absolute atomic E-state index is 0.132. The van der Waals surface area contributed by atoms with E-state index >= 15 is 0 Å². The second kappa shape index (κ2) is 13.0. The average Bonchev–Trinajstić information content (AvgIpc) is 3.65. The van der Waals surface area contributed by atoms with E-state index in [-0.39, 0.29) is 19.7 Å². The molecule has 11 nitrogen and oxygen atoms in total. The average molecular weight is 620 g/mol. The number of amides is 1. The van der Waals surface area contributed by atoms with Crippen LogP contribution in [0.5, 0.6) is 11.5 Å². The normalized spacial score (nSPS) is 16.7. The van der Waals surface area contributed by atoms with Crippen LogP contribution < -0.4 is 14.9 Å². The Balaban J connectivity index is 1.01. The molecule has 46 heavy (non-hydrogen) atoms. The van der Waals surface area contributed by atoms with Gasteiger partial charge in [0.2, 0.25) is 0 Å². The van der Waals surface area contributed by atoms with Crippen LogP contribution in [0.2, 0.25) is 0 Å². The van der Waals surface area contributed by atoms with E-state index in [2.05, 4.69) is 10.4 Å². The Morgan fingerprint density at radius 3 is 2.70 bits per heavy atom. The summed E-state index contributed by atoms with van der Waals surface area (Å²) in [6, 6.07) is 27.3. The van der Waals surface area contributed by atoms with Crippen molar-refractivity contribution in [2.45, 2.75) is 18.8 Å². The SMILES string of the molecule is COCCOc1ccn2c(-c3ccc4cccc(O[C@@H]5CN(NC(=O)OCc6ccc7ccccc7c6)C[C@H]5O)c4n3)cnc2c1. The number of ether oxygens (including phenoxy) is 4. The highest BCUT2D eigenvalue weighted by molar-refractivity contribution is 5.87. The number of carbonyl (C=O) groups is 1. The molecule has 0 saturated carbocycles. The first-order chi connectivity index (χ1) is 22.5. The van der Waals surface area contributed by atoms with Crippen molar-refractivity contribution >= 4 is 33.4 Å². The minimum Gasteiger partial charge on any atom is -0.491 e. The van der Waals surface area contributed by atoms with Crippen LogP contribution in [0.1, 0.15) is 5.56 Å². The summed E-state index contributed by atoms with van der Waals surface area (Å²) in [6.45, 7) is 1.55. The first kappa shape index (κ1) is 29.5. The number of nitrogens with zero attached hydrogens (tertiary/aromatic N) is 4. The Morgan fingerprint density at radius 2 is 1.80 bits per heavy atom. The van der Waals surface area contributed by atoms with Crippen LogP contribution >= 0.6 is 0 Å². The molecule has 4 heterocycles. The molecule has 234 valence electrons. The third kappa shape index (κ3) is 6.29. The predicted octanol–water partition coefficient (Wildman–Crippen LogP) is 4.99. The zero-order valence-electron chi connectivity index (χ0n) is 25.2. The second-order valence-corrected chi connectivity index (χ2v) is 11.1. The number of hydrogen-bond donors (Lipinski definition) is 2. The lowest BCUT2D eigenvalue weighted by Gasteiger charge is -2.18. The van der Waals surface area contributed by atoms with Gasteiger partial charge >= 0.3 is 6.09 Å². The third-order valence-corrected chi connectivity index (χ3v) is 7.94. The van der Waals surface area contributed by atoms with Crippen molar-refractivity contribution in [1.82, 2.24) is 24.8 Å². The fourth-order valence-electron chi connectivity index (χ4n) is 5.61. The highest BCUT2D eigenvalue weighted by Gasteiger charge is 2.34. The Kier molecular flexibility index (Phi) is 8.34. The van der Waals surface area contributed by atoms with Gasteiger partial charge in [0, 0.05) is 31.3 Å². The molecule has 1 saturated heterocycles. The molecule has 11 heteroatoms. The quantitative estimate of drug-likeness (QED) is 0.204. The number of hydrogen-bond acceptors (Lipinski definition) is 9. The van der Waals surface area contributed by atoms with E-state index in [9.17, 15) is 9.90 Å². The van der Waals surface area contributed by atoms with Crippen LogP contribution in [0, 0.1) is 0 Å². The largest absolute Gasteiger partial charge is 0.491 e. The minimum atomic E-state index is -0.835. The number of imidazole rings is 1. The number of carbonyl (C=O) groups excluding carboxylic acids is 1. The maximum atomic E-state index is 12.6. The highest BCUT2D eigenvalue weighted by Crippen LogP contribution is 2.30. The maximum absolute atomic E-state index is 12.6. The van der Waals surface area contributed by atoms with Crippen molar-refractivity contribution in [2.24, 2.45) is 0 Å². The van der Waals surface area contributed by atoms with Gasteiger partial charge in [0.1, 0.15) is 48.1 Å². The van der Waals surface area contributed by atoms with Crippen molar-refractivity contribution in [1.29, 1.82) is 0 Å². The lowest BCUT2D eigenvalue weighted by molar-refractivity contribution is 0.0744. The summed E-state index contributed by atoms with van der Waals surface area (Å²) in [6.07, 6.45) is 1.65. The van der Waals surface area contributed by atoms with Gasteiger partial charge in [0.15, 0.2) is 0 Å². The second-order valence-electron chi connectivity index (χ2n) is 11.1. The molecule has 2 N–H and O–H groups in total. The summed E-state index contributed by atoms with van der Waals surface area (Å²) >= 11 is 0. The van der Waals surface area contributed by atoms with Crippen molar-refractivity contribution in [3.05, 3.63) is 103 Å². The molecular weight excluding hydrogens is 586 g/mol. The summed E-state index contributed by atoms with van der Waals surface area (Å²) in [7, 11) is 1.64. The number of fused-ring (bicyclic) bond motifs is 3. The molecule has 0 bridgehead atoms. The molecular formula is C35H33N5O6. The number of benzene rings is 3. The van der Waals surface area contributed by atoms with Crippen LogP contribution in [-0.2, 0) is 16.1 Å². The van der Waals surface area contributed by atoms with E-state index in [0.717, 1.165) is 33.1 Å². The number of pyridine rings is 2. The van der Waals surface area contributed by atoms with Crippen molar-refractivity contribution in [2.75, 3.05) is 33.4 Å². The van der Waals surface area contributed by atoms with Gasteiger partial charge in [-0.2, -0.15) is 0 Å². The molecule has 3 aromatic heterocycles. The number of hydrazine groups is 1. The van der Waals surface area contributed by atoms with Crippen LogP contribution in [-0.4, -0.2) is 76.2 Å². The summed E-state index contributed by atoms with van der Waals surface area (Å²) in [5.41, 5.74) is 6.53. The molecule has 1 fully saturated rings. The molecule has 0 spiro atoms. The van der Waals surface area contributed by atoms with E-state index in [4.69, 9.17) is 23.9 Å². The van der Waals surface area contributed by atoms with Crippen LogP contribution in [0.4, 0.5) is 4.79 Å². The number of aliphatic hydroxyl groups excluding tert-OH is 1. The Bertz CT molecular complexity index is 2010. The van der Waals surface area contributed by atoms with E-state index in [1.165, 1.54) is 0 Å². The number of methoxy groups -OCH3 is 1. The van der Waals surface area contributed by atoms with E-state index in [1.54, 1.807) is 18.3 Å². The smallest absolute Gasteiger partial charge is 0.422 e. The van der Waals surface area contributed by atoms with Gasteiger partial charge in [-0.05, 0) is 40.6 Å². The number of aliphatic hydroxyl groups is 1. The molecule has 1 aliphatic heterocycles. The Labute approximate surface area is 264 Å². The van der Waals surface area contributed by atoms with Crippen LogP contribution in [0.15, 0.2) is 97.3 Å². The zero-order chi connectivity index (χ0) is 31.5. The highest BCUT2D eigenvalue weighted by atomic mass is 16.6. The zero-order valence-corrected chi connectivity index (χ0v) is 25.2. The molecule has 2 atom stereocenters. The van der Waals surface area contributed by atoms with Crippen molar-refractivity contribution in [3.8, 4) is 22.9 Å². The molecule has 6 aromatic rings. The molecule has 3 aromatic carbocycles. The van der Waals surface area contributed by atoms with Gasteiger partial charge in [-0.1, -0.05) is 54.6 Å². The maximum Gasteiger partial charge on any atom is 0.422 e. The molecule has 0 unspecified atom stereocenters. The van der Waals surface area contributed by atoms with Gasteiger partial charge in [-0.25, -0.2) is 19.8 Å². The van der Waals surface area contributed by atoms with E-state index in [1.807, 2.05) is 95.5 Å². The summed E-state index contributed by atoms with van der Waals surface area (Å²) < 4.78 is 24.5. The first-order valence-corrected chi connectivity index (χ1v) is 15.0. The molecule has 0 aliphatic carbocycles. The number of para-hydroxylation sites is 1. The molecule has 1 amide bonds. The molecule has 0 radical (unpaired) electrons. The van der Waals surface area contributed by atoms with E-state index < -0.39 is 18.3 Å². The molecule has 1 aliphatic rings. The van der Waals surface area contributed by atoms with Crippen molar-refractivity contribution in [3.63, 3.8) is 0 Å². The van der Waals surface area contributed by atoms with Gasteiger partial charge in [0.05, 0.1) is 30.7 Å². The van der Waals surface area contributed by atoms with Gasteiger partial charge in [-0.3, -0.25) is 9.83 Å². The fraction of sp³-hybridized carbons (Fsp3) is 0.229. The lowest BCUT2D eigenvalue weighted by atomic mass is 10.1. The van der Waals surface area contributed by atoms with E-state index in [0.29, 0.717) is 35.9 Å². The summed E-state index contributed by atoms with van der Waals surface area (Å²) in [4.78, 5) is 22.1. The fourth-order valence-corrected chi connectivity index (χ4v) is 5.61. The van der Waals surface area contributed by atoms with Crippen LogP contribution in [0.25, 0.3) is 38.7 Å². The summed E-state index contributed by atoms with van der Waals surface area (Å²) in [5, 5.41) is 15.5. The van der Waals surface area contributed by atoms with Gasteiger partial charge in [-0.15, -0.1) is 0 Å². The topological polar surface area (TPSA) is 120 Å². The Morgan fingerprint density at radius 1 is 0.957 bits per heavy atom. The molecule has 7 rings (SSSR count). The standard InChI is InChI=1S/C35H33N5O6/c1-43-15-16-44-27-13-14-40-29(19-36-33(40)18-27)28-12-11-25-7-4-8-31(34(25)37-28)46-32-21-39(20-30(32)41)38-35(42)45-22-23-9-10-24-5-2-3-6-26(24)17-23/h2-14,17-19,30,32,41H,15-16,20-22H2,1H3,(H,38,42)/t30-,32-/m1/s1. The number of β-amino-alcohol motifs (C(OH)–C–C–N with tert-alkyl or cyclic N) is 1. The van der Waals surface area contributed by atoms with Gasteiger partial charge < -0.3 is 24.1 Å².